The summed E-state index contributed by atoms with van der Waals surface area (Å²) in [6, 6.07) is 5.92. The third-order valence-corrected chi connectivity index (χ3v) is 5.98. The highest BCUT2D eigenvalue weighted by molar-refractivity contribution is 7.15. The normalized spacial score (nSPS) is 11.5. The second-order valence-electron chi connectivity index (χ2n) is 6.96. The van der Waals surface area contributed by atoms with Crippen LogP contribution in [0.5, 0.6) is 0 Å². The van der Waals surface area contributed by atoms with Crippen LogP contribution in [0.4, 0.5) is 4.39 Å². The van der Waals surface area contributed by atoms with Gasteiger partial charge in [-0.05, 0) is 25.1 Å². The number of hydrogen-bond acceptors (Lipinski definition) is 7. The maximum Gasteiger partial charge on any atom is 0.161 e. The fraction of sp³-hybridized carbons (Fsp3) is 0.0476. The van der Waals surface area contributed by atoms with Gasteiger partial charge in [0.25, 0.3) is 0 Å². The Balaban J connectivity index is 1.56. The molecule has 0 radical (unpaired) electrons. The summed E-state index contributed by atoms with van der Waals surface area (Å²) in [7, 11) is 0. The molecule has 0 aliphatic heterocycles. The van der Waals surface area contributed by atoms with Crippen LogP contribution in [0, 0.1) is 12.7 Å². The molecule has 8 nitrogen and oxygen atoms in total. The first-order chi connectivity index (χ1) is 15.2. The Morgan fingerprint density at radius 1 is 0.935 bits per heavy atom. The van der Waals surface area contributed by atoms with Crippen molar-refractivity contribution in [2.45, 2.75) is 6.92 Å². The molecule has 0 spiro atoms. The van der Waals surface area contributed by atoms with Gasteiger partial charge >= 0.3 is 0 Å². The number of H-pyrrole nitrogens is 2. The highest BCUT2D eigenvalue weighted by Crippen LogP contribution is 2.35. The first kappa shape index (κ1) is 17.8. The molecule has 6 aromatic rings. The van der Waals surface area contributed by atoms with Crippen LogP contribution in [0.1, 0.15) is 4.88 Å². The summed E-state index contributed by atoms with van der Waals surface area (Å²) in [6.45, 7) is 2.05. The van der Waals surface area contributed by atoms with Crippen LogP contribution >= 0.6 is 11.3 Å². The molecule has 0 amide bonds. The van der Waals surface area contributed by atoms with Crippen LogP contribution in [0.25, 0.3) is 55.3 Å². The number of aromatic amines is 2. The number of pyridine rings is 2. The van der Waals surface area contributed by atoms with Crippen molar-refractivity contribution in [2.75, 3.05) is 0 Å². The van der Waals surface area contributed by atoms with Crippen LogP contribution in [-0.2, 0) is 0 Å². The average molecular weight is 428 g/mol. The van der Waals surface area contributed by atoms with E-state index in [1.54, 1.807) is 23.7 Å². The Bertz CT molecular complexity index is 1570. The van der Waals surface area contributed by atoms with Crippen molar-refractivity contribution in [3.05, 3.63) is 60.0 Å². The van der Waals surface area contributed by atoms with Crippen LogP contribution in [0.3, 0.4) is 0 Å². The number of hydrogen-bond donors (Lipinski definition) is 2. The van der Waals surface area contributed by atoms with E-state index in [0.717, 1.165) is 16.1 Å². The maximum atomic E-state index is 15.5. The molecule has 150 valence electrons. The lowest BCUT2D eigenvalue weighted by Gasteiger charge is -2.03. The average Bonchev–Trinajstić information content (AvgIpc) is 3.52. The Kier molecular flexibility index (Phi) is 3.87. The second kappa shape index (κ2) is 6.74. The van der Waals surface area contributed by atoms with E-state index in [1.807, 2.05) is 25.1 Å². The van der Waals surface area contributed by atoms with Gasteiger partial charge in [0.15, 0.2) is 11.6 Å². The number of thiophene rings is 1. The van der Waals surface area contributed by atoms with Crippen LogP contribution in [0.15, 0.2) is 49.3 Å². The number of aryl methyl sites for hydroxylation is 1. The molecule has 31 heavy (non-hydrogen) atoms. The van der Waals surface area contributed by atoms with E-state index in [9.17, 15) is 0 Å². The minimum atomic E-state index is -0.510. The van der Waals surface area contributed by atoms with Gasteiger partial charge in [-0.25, -0.2) is 19.3 Å². The van der Waals surface area contributed by atoms with Crippen molar-refractivity contribution in [3.8, 4) is 33.3 Å². The van der Waals surface area contributed by atoms with Crippen molar-refractivity contribution in [1.29, 1.82) is 0 Å². The lowest BCUT2D eigenvalue weighted by molar-refractivity contribution is 0.638. The van der Waals surface area contributed by atoms with E-state index in [0.29, 0.717) is 33.5 Å². The zero-order chi connectivity index (χ0) is 20.9. The fourth-order valence-electron chi connectivity index (χ4n) is 3.56. The van der Waals surface area contributed by atoms with Gasteiger partial charge in [0.05, 0.1) is 27.5 Å². The van der Waals surface area contributed by atoms with Crippen molar-refractivity contribution in [3.63, 3.8) is 0 Å². The SMILES string of the molecule is Cc1ccc(-c2nccc3[nH]c(-c4n[nH]c5cnc(-c6cncnc6)c(F)c45)nc23)s1. The van der Waals surface area contributed by atoms with Gasteiger partial charge in [0.2, 0.25) is 0 Å². The zero-order valence-corrected chi connectivity index (χ0v) is 16.9. The molecule has 10 heteroatoms. The third-order valence-electron chi connectivity index (χ3n) is 4.98. The van der Waals surface area contributed by atoms with E-state index >= 15 is 4.39 Å². The van der Waals surface area contributed by atoms with Gasteiger partial charge in [-0.15, -0.1) is 11.3 Å². The first-order valence-corrected chi connectivity index (χ1v) is 10.2. The summed E-state index contributed by atoms with van der Waals surface area (Å²) < 4.78 is 15.5. The molecule has 2 N–H and O–H groups in total. The number of fused-ring (bicyclic) bond motifs is 2. The Morgan fingerprint density at radius 2 is 1.81 bits per heavy atom. The van der Waals surface area contributed by atoms with E-state index in [1.165, 1.54) is 23.6 Å². The van der Waals surface area contributed by atoms with Crippen LogP contribution in [0.2, 0.25) is 0 Å². The molecule has 6 aromatic heterocycles. The maximum absolute atomic E-state index is 15.5. The lowest BCUT2D eigenvalue weighted by atomic mass is 10.1. The van der Waals surface area contributed by atoms with Crippen LogP contribution in [-0.4, -0.2) is 40.1 Å². The fourth-order valence-corrected chi connectivity index (χ4v) is 4.42. The van der Waals surface area contributed by atoms with Gasteiger partial charge in [-0.2, -0.15) is 5.10 Å². The number of imidazole rings is 1. The van der Waals surface area contributed by atoms with Gasteiger partial charge < -0.3 is 4.98 Å². The molecule has 0 bridgehead atoms. The number of aromatic nitrogens is 8. The van der Waals surface area contributed by atoms with E-state index < -0.39 is 5.82 Å². The smallest absolute Gasteiger partial charge is 0.161 e. The summed E-state index contributed by atoms with van der Waals surface area (Å²) in [4.78, 5) is 26.8. The Hall–Kier alpha value is -4.05. The van der Waals surface area contributed by atoms with Gasteiger partial charge in [-0.1, -0.05) is 0 Å². The summed E-state index contributed by atoms with van der Waals surface area (Å²) in [6.07, 6.45) is 7.70. The molecular formula is C21H13FN8S. The lowest BCUT2D eigenvalue weighted by Crippen LogP contribution is -1.93. The van der Waals surface area contributed by atoms with Gasteiger partial charge in [-0.3, -0.25) is 15.1 Å². The summed E-state index contributed by atoms with van der Waals surface area (Å²) >= 11 is 1.65. The molecule has 0 aromatic carbocycles. The summed E-state index contributed by atoms with van der Waals surface area (Å²) in [5.41, 5.74) is 3.77. The number of rotatable bonds is 3. The second-order valence-corrected chi connectivity index (χ2v) is 8.25. The standard InChI is InChI=1S/C21H13FN8S/c1-10-2-3-14(31-10)19-18-12(4-5-25-19)27-21(28-18)20-15-13(29-30-20)8-26-17(16(15)22)11-6-23-9-24-7-11/h2-9H,1H3,(H,27,28)(H,29,30). The first-order valence-electron chi connectivity index (χ1n) is 9.39. The number of halogens is 1. The largest absolute Gasteiger partial charge is 0.336 e. The number of nitrogens with zero attached hydrogens (tertiary/aromatic N) is 6. The van der Waals surface area contributed by atoms with Crippen molar-refractivity contribution >= 4 is 33.3 Å². The zero-order valence-electron chi connectivity index (χ0n) is 16.1. The minimum absolute atomic E-state index is 0.156. The molecule has 0 atom stereocenters. The van der Waals surface area contributed by atoms with Crippen molar-refractivity contribution in [2.24, 2.45) is 0 Å². The van der Waals surface area contributed by atoms with Gasteiger partial charge in [0, 0.05) is 29.0 Å². The molecule has 0 saturated carbocycles. The molecular weight excluding hydrogens is 415 g/mol. The van der Waals surface area contributed by atoms with Crippen molar-refractivity contribution < 1.29 is 4.39 Å². The third kappa shape index (κ3) is 2.80. The predicted octanol–water partition coefficient (Wildman–Crippen LogP) is 4.53. The summed E-state index contributed by atoms with van der Waals surface area (Å²) in [5.74, 6) is -0.0622. The molecule has 0 aliphatic carbocycles. The number of nitrogens with one attached hydrogen (secondary N) is 2. The Morgan fingerprint density at radius 3 is 2.61 bits per heavy atom. The van der Waals surface area contributed by atoms with E-state index in [2.05, 4.69) is 35.1 Å². The molecule has 6 rings (SSSR count). The molecule has 0 unspecified atom stereocenters. The van der Waals surface area contributed by atoms with E-state index in [4.69, 9.17) is 4.98 Å². The molecule has 0 saturated heterocycles. The van der Waals surface area contributed by atoms with Gasteiger partial charge in [0.1, 0.15) is 28.9 Å². The monoisotopic (exact) mass is 428 g/mol. The molecule has 0 aliphatic rings. The Labute approximate surface area is 178 Å². The van der Waals surface area contributed by atoms with Crippen LogP contribution < -0.4 is 0 Å². The highest BCUT2D eigenvalue weighted by Gasteiger charge is 2.21. The molecule has 6 heterocycles. The topological polar surface area (TPSA) is 109 Å². The quantitative estimate of drug-likeness (QED) is 0.429. The molecule has 0 fully saturated rings. The van der Waals surface area contributed by atoms with E-state index in [-0.39, 0.29) is 5.69 Å². The minimum Gasteiger partial charge on any atom is -0.336 e. The van der Waals surface area contributed by atoms with Crippen molar-refractivity contribution in [1.82, 2.24) is 40.1 Å². The predicted molar refractivity (Wildman–Crippen MR) is 116 cm³/mol. The summed E-state index contributed by atoms with van der Waals surface area (Å²) in [5, 5.41) is 7.46. The highest BCUT2D eigenvalue weighted by atomic mass is 32.1.